The van der Waals surface area contributed by atoms with Crippen molar-refractivity contribution in [2.75, 3.05) is 24.1 Å². The van der Waals surface area contributed by atoms with Crippen LogP contribution >= 0.6 is 0 Å². The van der Waals surface area contributed by atoms with Crippen molar-refractivity contribution in [2.24, 2.45) is 5.92 Å². The Hall–Kier alpha value is -1.71. The molecule has 1 saturated carbocycles. The van der Waals surface area contributed by atoms with E-state index in [-0.39, 0.29) is 5.91 Å². The second kappa shape index (κ2) is 5.08. The van der Waals surface area contributed by atoms with Crippen LogP contribution in [0, 0.1) is 5.92 Å². The number of carbonyl (C=O) groups excluding carboxylic acids is 1. The monoisotopic (exact) mass is 233 g/mol. The van der Waals surface area contributed by atoms with Crippen molar-refractivity contribution in [1.82, 2.24) is 5.32 Å². The first kappa shape index (κ1) is 11.8. The number of nitrogens with two attached hydrogens (primary N) is 1. The summed E-state index contributed by atoms with van der Waals surface area (Å²) in [4.78, 5) is 11.7. The molecule has 1 amide bonds. The van der Waals surface area contributed by atoms with Crippen LogP contribution < -0.4 is 16.4 Å². The number of hydrogen-bond acceptors (Lipinski definition) is 3. The highest BCUT2D eigenvalue weighted by Crippen LogP contribution is 2.30. The lowest BCUT2D eigenvalue weighted by Gasteiger charge is -2.10. The summed E-state index contributed by atoms with van der Waals surface area (Å²) < 4.78 is 0. The minimum atomic E-state index is -0.0537. The Kier molecular flexibility index (Phi) is 3.52. The first-order valence-electron chi connectivity index (χ1n) is 6.12. The van der Waals surface area contributed by atoms with Gasteiger partial charge in [-0.15, -0.1) is 0 Å². The second-order valence-electron chi connectivity index (χ2n) is 4.49. The van der Waals surface area contributed by atoms with E-state index in [1.165, 1.54) is 12.8 Å². The molecule has 1 aromatic rings. The van der Waals surface area contributed by atoms with Gasteiger partial charge in [0.25, 0.3) is 5.91 Å². The molecular formula is C13H19N3O. The summed E-state index contributed by atoms with van der Waals surface area (Å²) in [6.45, 7) is 3.48. The molecule has 4 nitrogen and oxygen atoms in total. The van der Waals surface area contributed by atoms with Gasteiger partial charge < -0.3 is 16.4 Å². The Morgan fingerprint density at radius 2 is 2.24 bits per heavy atom. The minimum absolute atomic E-state index is 0.0537. The molecule has 0 bridgehead atoms. The third kappa shape index (κ3) is 3.12. The van der Waals surface area contributed by atoms with Gasteiger partial charge in [0.05, 0.1) is 11.4 Å². The number of carbonyl (C=O) groups is 1. The molecule has 4 N–H and O–H groups in total. The predicted molar refractivity (Wildman–Crippen MR) is 70.1 cm³/mol. The van der Waals surface area contributed by atoms with Gasteiger partial charge in [-0.25, -0.2) is 0 Å². The zero-order valence-electron chi connectivity index (χ0n) is 10.1. The number of hydrogen-bond donors (Lipinski definition) is 3. The predicted octanol–water partition coefficient (Wildman–Crippen LogP) is 1.84. The van der Waals surface area contributed by atoms with Crippen molar-refractivity contribution in [1.29, 1.82) is 0 Å². The van der Waals surface area contributed by atoms with E-state index in [2.05, 4.69) is 10.6 Å². The van der Waals surface area contributed by atoms with Crippen molar-refractivity contribution in [3.8, 4) is 0 Å². The maximum Gasteiger partial charge on any atom is 0.251 e. The molecule has 1 aromatic carbocycles. The lowest BCUT2D eigenvalue weighted by molar-refractivity contribution is 0.0956. The molecule has 1 aliphatic carbocycles. The van der Waals surface area contributed by atoms with E-state index < -0.39 is 0 Å². The highest BCUT2D eigenvalue weighted by atomic mass is 16.1. The van der Waals surface area contributed by atoms with E-state index >= 15 is 0 Å². The summed E-state index contributed by atoms with van der Waals surface area (Å²) in [6, 6.07) is 5.35. The van der Waals surface area contributed by atoms with Gasteiger partial charge in [-0.3, -0.25) is 4.79 Å². The molecule has 0 heterocycles. The van der Waals surface area contributed by atoms with Gasteiger partial charge in [-0.2, -0.15) is 0 Å². The highest BCUT2D eigenvalue weighted by Gasteiger charge is 2.21. The fraction of sp³-hybridized carbons (Fsp3) is 0.462. The van der Waals surface area contributed by atoms with E-state index in [1.54, 1.807) is 12.1 Å². The SMILES string of the molecule is CCNC(=O)c1ccc(N)c(NCC2CC2)c1. The molecule has 0 saturated heterocycles. The molecule has 1 aliphatic rings. The van der Waals surface area contributed by atoms with Crippen molar-refractivity contribution in [3.05, 3.63) is 23.8 Å². The van der Waals surface area contributed by atoms with Gasteiger partial charge in [0.2, 0.25) is 0 Å². The second-order valence-corrected chi connectivity index (χ2v) is 4.49. The van der Waals surface area contributed by atoms with Crippen LogP contribution in [0.15, 0.2) is 18.2 Å². The van der Waals surface area contributed by atoms with E-state index in [4.69, 9.17) is 5.73 Å². The summed E-state index contributed by atoms with van der Waals surface area (Å²) in [6.07, 6.45) is 2.59. The largest absolute Gasteiger partial charge is 0.397 e. The molecule has 0 spiro atoms. The van der Waals surface area contributed by atoms with Crippen molar-refractivity contribution >= 4 is 17.3 Å². The van der Waals surface area contributed by atoms with Crippen molar-refractivity contribution in [3.63, 3.8) is 0 Å². The van der Waals surface area contributed by atoms with Gasteiger partial charge in [0, 0.05) is 18.7 Å². The van der Waals surface area contributed by atoms with E-state index in [9.17, 15) is 4.79 Å². The first-order valence-corrected chi connectivity index (χ1v) is 6.12. The average molecular weight is 233 g/mol. The van der Waals surface area contributed by atoms with Crippen LogP contribution in [0.3, 0.4) is 0 Å². The molecule has 17 heavy (non-hydrogen) atoms. The normalized spacial score (nSPS) is 14.4. The van der Waals surface area contributed by atoms with Crippen molar-refractivity contribution in [2.45, 2.75) is 19.8 Å². The summed E-state index contributed by atoms with van der Waals surface area (Å²) in [5, 5.41) is 6.09. The van der Waals surface area contributed by atoms with Gasteiger partial charge in [-0.1, -0.05) is 0 Å². The minimum Gasteiger partial charge on any atom is -0.397 e. The number of nitrogens with one attached hydrogen (secondary N) is 2. The van der Waals surface area contributed by atoms with E-state index in [0.29, 0.717) is 17.8 Å². The zero-order valence-corrected chi connectivity index (χ0v) is 10.1. The summed E-state index contributed by atoms with van der Waals surface area (Å²) in [5.74, 6) is 0.726. The molecule has 4 heteroatoms. The summed E-state index contributed by atoms with van der Waals surface area (Å²) in [7, 11) is 0. The maximum atomic E-state index is 11.7. The molecule has 1 fully saturated rings. The third-order valence-electron chi connectivity index (χ3n) is 2.93. The maximum absolute atomic E-state index is 11.7. The number of anilines is 2. The number of amides is 1. The highest BCUT2D eigenvalue weighted by molar-refractivity contribution is 5.96. The van der Waals surface area contributed by atoms with E-state index in [0.717, 1.165) is 18.2 Å². The summed E-state index contributed by atoms with van der Waals surface area (Å²) in [5.41, 5.74) is 8.08. The van der Waals surface area contributed by atoms with Crippen LogP contribution in [0.2, 0.25) is 0 Å². The van der Waals surface area contributed by atoms with Crippen LogP contribution in [0.5, 0.6) is 0 Å². The fourth-order valence-electron chi connectivity index (χ4n) is 1.69. The Balaban J connectivity index is 2.07. The van der Waals surface area contributed by atoms with Crippen LogP contribution in [-0.4, -0.2) is 19.0 Å². The van der Waals surface area contributed by atoms with Crippen LogP contribution in [-0.2, 0) is 0 Å². The van der Waals surface area contributed by atoms with Crippen molar-refractivity contribution < 1.29 is 4.79 Å². The third-order valence-corrected chi connectivity index (χ3v) is 2.93. The van der Waals surface area contributed by atoms with Gasteiger partial charge in [0.15, 0.2) is 0 Å². The molecule has 92 valence electrons. The Morgan fingerprint density at radius 1 is 1.47 bits per heavy atom. The Labute approximate surface area is 102 Å². The van der Waals surface area contributed by atoms with Gasteiger partial charge in [-0.05, 0) is 43.9 Å². The molecule has 0 radical (unpaired) electrons. The van der Waals surface area contributed by atoms with Gasteiger partial charge in [0.1, 0.15) is 0 Å². The number of nitrogen functional groups attached to an aromatic ring is 1. The average Bonchev–Trinajstić information content (AvgIpc) is 3.12. The summed E-state index contributed by atoms with van der Waals surface area (Å²) >= 11 is 0. The smallest absolute Gasteiger partial charge is 0.251 e. The topological polar surface area (TPSA) is 67.2 Å². The molecule has 0 aromatic heterocycles. The lowest BCUT2D eigenvalue weighted by atomic mass is 10.1. The molecule has 0 aliphatic heterocycles. The van der Waals surface area contributed by atoms with Gasteiger partial charge >= 0.3 is 0 Å². The van der Waals surface area contributed by atoms with Crippen LogP contribution in [0.4, 0.5) is 11.4 Å². The Bertz CT molecular complexity index is 413. The lowest BCUT2D eigenvalue weighted by Crippen LogP contribution is -2.22. The Morgan fingerprint density at radius 3 is 2.88 bits per heavy atom. The quantitative estimate of drug-likeness (QED) is 0.680. The first-order chi connectivity index (χ1) is 8.20. The zero-order chi connectivity index (χ0) is 12.3. The standard InChI is InChI=1S/C13H19N3O/c1-2-15-13(17)10-5-6-11(14)12(7-10)16-8-9-3-4-9/h5-7,9,16H,2-4,8,14H2,1H3,(H,15,17). The number of rotatable bonds is 5. The molecule has 0 atom stereocenters. The number of benzene rings is 1. The van der Waals surface area contributed by atoms with Crippen LogP contribution in [0.25, 0.3) is 0 Å². The fourth-order valence-corrected chi connectivity index (χ4v) is 1.69. The van der Waals surface area contributed by atoms with E-state index in [1.807, 2.05) is 13.0 Å². The molecule has 2 rings (SSSR count). The molecular weight excluding hydrogens is 214 g/mol. The van der Waals surface area contributed by atoms with Crippen LogP contribution in [0.1, 0.15) is 30.1 Å². The molecule has 0 unspecified atom stereocenters.